The fourth-order valence-corrected chi connectivity index (χ4v) is 3.47. The molecule has 0 spiro atoms. The van der Waals surface area contributed by atoms with Crippen molar-refractivity contribution in [1.29, 1.82) is 0 Å². The highest BCUT2D eigenvalue weighted by Crippen LogP contribution is 2.37. The van der Waals surface area contributed by atoms with E-state index < -0.39 is 23.3 Å². The molecule has 2 aromatic carbocycles. The normalized spacial score (nSPS) is 17.4. The third-order valence-corrected chi connectivity index (χ3v) is 5.12. The van der Waals surface area contributed by atoms with Crippen LogP contribution in [0.3, 0.4) is 0 Å². The zero-order chi connectivity index (χ0) is 21.3. The van der Waals surface area contributed by atoms with Crippen LogP contribution in [-0.2, 0) is 16.0 Å². The number of hydrogen-bond donors (Lipinski definition) is 0. The van der Waals surface area contributed by atoms with Gasteiger partial charge in [-0.1, -0.05) is 12.1 Å². The van der Waals surface area contributed by atoms with Gasteiger partial charge in [-0.2, -0.15) is 0 Å². The van der Waals surface area contributed by atoms with Crippen molar-refractivity contribution < 1.29 is 23.4 Å². The molecule has 0 bridgehead atoms. The first kappa shape index (κ1) is 19.8. The third kappa shape index (κ3) is 4.08. The second kappa shape index (κ2) is 7.71. The van der Waals surface area contributed by atoms with Crippen LogP contribution in [0.1, 0.15) is 25.0 Å². The molecule has 154 valence electrons. The summed E-state index contributed by atoms with van der Waals surface area (Å²) in [7, 11) is 1.59. The van der Waals surface area contributed by atoms with E-state index in [9.17, 15) is 9.59 Å². The van der Waals surface area contributed by atoms with Gasteiger partial charge >= 0.3 is 11.6 Å². The van der Waals surface area contributed by atoms with E-state index in [2.05, 4.69) is 0 Å². The minimum Gasteiger partial charge on any atom is -0.497 e. The van der Waals surface area contributed by atoms with Crippen LogP contribution < -0.4 is 15.1 Å². The zero-order valence-corrected chi connectivity index (χ0v) is 17.0. The maximum absolute atomic E-state index is 12.4. The highest BCUT2D eigenvalue weighted by molar-refractivity contribution is 5.87. The summed E-state index contributed by atoms with van der Waals surface area (Å²) in [6.07, 6.45) is 3.11. The van der Waals surface area contributed by atoms with Gasteiger partial charge in [0.15, 0.2) is 0 Å². The lowest BCUT2D eigenvalue weighted by atomic mass is 9.90. The van der Waals surface area contributed by atoms with Crippen molar-refractivity contribution in [1.82, 2.24) is 0 Å². The molecule has 30 heavy (non-hydrogen) atoms. The summed E-state index contributed by atoms with van der Waals surface area (Å²) >= 11 is 0. The lowest BCUT2D eigenvalue weighted by molar-refractivity contribution is -0.155. The second-order valence-electron chi connectivity index (χ2n) is 7.70. The summed E-state index contributed by atoms with van der Waals surface area (Å²) < 4.78 is 22.2. The molecule has 0 unspecified atom stereocenters. The van der Waals surface area contributed by atoms with Gasteiger partial charge in [-0.05, 0) is 55.3 Å². The van der Waals surface area contributed by atoms with E-state index in [0.717, 1.165) is 16.5 Å². The maximum atomic E-state index is 12.4. The molecular formula is C24H22O6. The van der Waals surface area contributed by atoms with Gasteiger partial charge in [0.1, 0.15) is 28.8 Å². The standard InChI is InChI=1S/C24H22O6/c1-24(2)21(29-23(26)9-7-15-5-4-6-18(11-15)27-3)13-17-12-16-8-10-22(25)28-19(16)14-20(17)30-24/h4-12,14,21H,13H2,1-3H3/b9-7+/t21-/m0/s1. The van der Waals surface area contributed by atoms with E-state index >= 15 is 0 Å². The van der Waals surface area contributed by atoms with Crippen molar-refractivity contribution in [3.63, 3.8) is 0 Å². The van der Waals surface area contributed by atoms with Gasteiger partial charge in [0.25, 0.3) is 0 Å². The second-order valence-corrected chi connectivity index (χ2v) is 7.70. The predicted octanol–water partition coefficient (Wildman–Crippen LogP) is 4.14. The SMILES string of the molecule is COc1cccc(/C=C/C(=O)O[C@H]2Cc3cc4ccc(=O)oc4cc3OC2(C)C)c1. The van der Waals surface area contributed by atoms with E-state index in [0.29, 0.717) is 23.5 Å². The van der Waals surface area contributed by atoms with Gasteiger partial charge in [-0.3, -0.25) is 0 Å². The number of esters is 1. The molecule has 4 rings (SSSR count). The number of rotatable bonds is 4. The van der Waals surface area contributed by atoms with Crippen LogP contribution in [0.4, 0.5) is 0 Å². The van der Waals surface area contributed by atoms with Gasteiger partial charge in [-0.25, -0.2) is 9.59 Å². The van der Waals surface area contributed by atoms with Crippen LogP contribution in [0.2, 0.25) is 0 Å². The van der Waals surface area contributed by atoms with E-state index in [1.165, 1.54) is 12.1 Å². The lowest BCUT2D eigenvalue weighted by Crippen LogP contribution is -2.48. The van der Waals surface area contributed by atoms with Crippen LogP contribution in [0, 0.1) is 0 Å². The number of carbonyl (C=O) groups excluding carboxylic acids is 1. The molecule has 0 fully saturated rings. The molecule has 0 N–H and O–H groups in total. The molecular weight excluding hydrogens is 384 g/mol. The highest BCUT2D eigenvalue weighted by atomic mass is 16.6. The lowest BCUT2D eigenvalue weighted by Gasteiger charge is -2.39. The molecule has 1 atom stereocenters. The number of hydrogen-bond acceptors (Lipinski definition) is 6. The Labute approximate surface area is 173 Å². The fourth-order valence-electron chi connectivity index (χ4n) is 3.47. The summed E-state index contributed by atoms with van der Waals surface area (Å²) in [5, 5.41) is 0.791. The largest absolute Gasteiger partial charge is 0.497 e. The number of carbonyl (C=O) groups is 1. The van der Waals surface area contributed by atoms with Crippen molar-refractivity contribution in [2.45, 2.75) is 32.0 Å². The monoisotopic (exact) mass is 406 g/mol. The quantitative estimate of drug-likeness (QED) is 0.368. The molecule has 3 aromatic rings. The minimum absolute atomic E-state index is 0.410. The smallest absolute Gasteiger partial charge is 0.336 e. The van der Waals surface area contributed by atoms with Crippen LogP contribution in [0.15, 0.2) is 63.8 Å². The van der Waals surface area contributed by atoms with E-state index in [4.69, 9.17) is 18.6 Å². The number of methoxy groups -OCH3 is 1. The Kier molecular flexibility index (Phi) is 5.08. The molecule has 0 saturated heterocycles. The van der Waals surface area contributed by atoms with Crippen molar-refractivity contribution in [3.8, 4) is 11.5 Å². The predicted molar refractivity (Wildman–Crippen MR) is 113 cm³/mol. The van der Waals surface area contributed by atoms with E-state index in [1.807, 2.05) is 44.2 Å². The average Bonchev–Trinajstić information content (AvgIpc) is 2.71. The Hall–Kier alpha value is -3.54. The van der Waals surface area contributed by atoms with Gasteiger partial charge in [-0.15, -0.1) is 0 Å². The van der Waals surface area contributed by atoms with Crippen molar-refractivity contribution in [2.24, 2.45) is 0 Å². The van der Waals surface area contributed by atoms with Crippen LogP contribution in [-0.4, -0.2) is 24.8 Å². The average molecular weight is 406 g/mol. The highest BCUT2D eigenvalue weighted by Gasteiger charge is 2.39. The Morgan fingerprint density at radius 1 is 1.17 bits per heavy atom. The Morgan fingerprint density at radius 2 is 2.00 bits per heavy atom. The van der Waals surface area contributed by atoms with Crippen LogP contribution in [0.5, 0.6) is 11.5 Å². The van der Waals surface area contributed by atoms with Gasteiger partial charge in [0.2, 0.25) is 0 Å². The molecule has 6 nitrogen and oxygen atoms in total. The van der Waals surface area contributed by atoms with Crippen molar-refractivity contribution in [3.05, 3.63) is 76.2 Å². The summed E-state index contributed by atoms with van der Waals surface area (Å²) in [5.74, 6) is 0.891. The van der Waals surface area contributed by atoms with Crippen molar-refractivity contribution >= 4 is 23.0 Å². The Morgan fingerprint density at radius 3 is 2.80 bits per heavy atom. The summed E-state index contributed by atoms with van der Waals surface area (Å²) in [5.41, 5.74) is 1.05. The molecule has 0 aliphatic carbocycles. The number of fused-ring (bicyclic) bond motifs is 2. The molecule has 0 saturated carbocycles. The van der Waals surface area contributed by atoms with Gasteiger partial charge in [0, 0.05) is 30.0 Å². The molecule has 0 radical (unpaired) electrons. The Bertz CT molecular complexity index is 1190. The molecule has 1 aliphatic heterocycles. The first-order chi connectivity index (χ1) is 14.3. The molecule has 0 amide bonds. The Balaban J connectivity index is 1.53. The zero-order valence-electron chi connectivity index (χ0n) is 17.0. The minimum atomic E-state index is -0.741. The summed E-state index contributed by atoms with van der Waals surface area (Å²) in [4.78, 5) is 23.9. The molecule has 1 aromatic heterocycles. The maximum Gasteiger partial charge on any atom is 0.336 e. The topological polar surface area (TPSA) is 75.0 Å². The van der Waals surface area contributed by atoms with Crippen LogP contribution >= 0.6 is 0 Å². The summed E-state index contributed by atoms with van der Waals surface area (Å²) in [6.45, 7) is 3.73. The van der Waals surface area contributed by atoms with Gasteiger partial charge < -0.3 is 18.6 Å². The summed E-state index contributed by atoms with van der Waals surface area (Å²) in [6, 6.07) is 14.1. The van der Waals surface area contributed by atoms with Crippen LogP contribution in [0.25, 0.3) is 17.0 Å². The van der Waals surface area contributed by atoms with E-state index in [-0.39, 0.29) is 0 Å². The molecule has 6 heteroatoms. The number of ether oxygens (including phenoxy) is 3. The molecule has 1 aliphatic rings. The fraction of sp³-hybridized carbons (Fsp3) is 0.250. The van der Waals surface area contributed by atoms with E-state index in [1.54, 1.807) is 25.3 Å². The van der Waals surface area contributed by atoms with Gasteiger partial charge in [0.05, 0.1) is 7.11 Å². The first-order valence-corrected chi connectivity index (χ1v) is 9.62. The van der Waals surface area contributed by atoms with Crippen molar-refractivity contribution in [2.75, 3.05) is 7.11 Å². The third-order valence-electron chi connectivity index (χ3n) is 5.12. The first-order valence-electron chi connectivity index (χ1n) is 9.62. The number of benzene rings is 2. The molecule has 2 heterocycles.